The highest BCUT2D eigenvalue weighted by atomic mass is 16.5. The molecule has 0 aliphatic heterocycles. The molecule has 0 amide bonds. The van der Waals surface area contributed by atoms with Gasteiger partial charge in [-0.1, -0.05) is 6.07 Å². The number of aromatic nitrogens is 2. The van der Waals surface area contributed by atoms with Gasteiger partial charge in [-0.3, -0.25) is 9.20 Å². The molecular formula is C18H18N4O3. The van der Waals surface area contributed by atoms with Gasteiger partial charge in [-0.2, -0.15) is 0 Å². The Balaban J connectivity index is 2.02. The summed E-state index contributed by atoms with van der Waals surface area (Å²) in [6.07, 6.45) is 1.88. The molecule has 7 heteroatoms. The van der Waals surface area contributed by atoms with E-state index in [0.29, 0.717) is 17.2 Å². The zero-order chi connectivity index (χ0) is 17.8. The molecule has 0 atom stereocenters. The van der Waals surface area contributed by atoms with Crippen LogP contribution in [0.5, 0.6) is 5.75 Å². The third-order valence-corrected chi connectivity index (χ3v) is 3.76. The van der Waals surface area contributed by atoms with Gasteiger partial charge >= 0.3 is 5.97 Å². The number of rotatable bonds is 5. The number of fused-ring (bicyclic) bond motifs is 1. The van der Waals surface area contributed by atoms with E-state index in [2.05, 4.69) is 15.2 Å². The monoisotopic (exact) mass is 338 g/mol. The number of azo groups is 1. The van der Waals surface area contributed by atoms with E-state index in [0.717, 1.165) is 17.0 Å². The molecule has 0 bridgehead atoms. The minimum atomic E-state index is -0.373. The minimum absolute atomic E-state index is 0.0363. The normalized spacial score (nSPS) is 11.2. The van der Waals surface area contributed by atoms with Gasteiger partial charge in [0, 0.05) is 6.20 Å². The second kappa shape index (κ2) is 7.12. The van der Waals surface area contributed by atoms with Crippen molar-refractivity contribution in [2.24, 2.45) is 10.2 Å². The van der Waals surface area contributed by atoms with Gasteiger partial charge in [0.1, 0.15) is 11.4 Å². The van der Waals surface area contributed by atoms with Crippen LogP contribution in [0.1, 0.15) is 11.3 Å². The Morgan fingerprint density at radius 2 is 1.92 bits per heavy atom. The molecule has 0 aliphatic carbocycles. The van der Waals surface area contributed by atoms with Crippen LogP contribution in [-0.2, 0) is 16.0 Å². The van der Waals surface area contributed by atoms with Crippen LogP contribution in [0.4, 0.5) is 11.5 Å². The van der Waals surface area contributed by atoms with Crippen LogP contribution in [0.3, 0.4) is 0 Å². The van der Waals surface area contributed by atoms with E-state index in [9.17, 15) is 4.79 Å². The van der Waals surface area contributed by atoms with Crippen molar-refractivity contribution in [1.29, 1.82) is 0 Å². The molecule has 0 N–H and O–H groups in total. The summed E-state index contributed by atoms with van der Waals surface area (Å²) in [5.74, 6) is 0.887. The van der Waals surface area contributed by atoms with Crippen molar-refractivity contribution in [3.8, 4) is 5.75 Å². The van der Waals surface area contributed by atoms with Crippen molar-refractivity contribution in [3.63, 3.8) is 0 Å². The van der Waals surface area contributed by atoms with Crippen LogP contribution in [0, 0.1) is 6.92 Å². The van der Waals surface area contributed by atoms with Crippen LogP contribution in [0.2, 0.25) is 0 Å². The van der Waals surface area contributed by atoms with Crippen LogP contribution >= 0.6 is 0 Å². The lowest BCUT2D eigenvalue weighted by molar-refractivity contribution is -0.139. The van der Waals surface area contributed by atoms with Crippen LogP contribution in [-0.4, -0.2) is 29.6 Å². The summed E-state index contributed by atoms with van der Waals surface area (Å²) in [7, 11) is 2.96. The quantitative estimate of drug-likeness (QED) is 0.524. The Kier molecular flexibility index (Phi) is 4.74. The summed E-state index contributed by atoms with van der Waals surface area (Å²) >= 11 is 0. The number of nitrogens with zero attached hydrogens (tertiary/aromatic N) is 4. The zero-order valence-corrected chi connectivity index (χ0v) is 14.3. The van der Waals surface area contributed by atoms with Crippen LogP contribution < -0.4 is 4.74 Å². The summed E-state index contributed by atoms with van der Waals surface area (Å²) in [5, 5.41) is 8.58. The molecule has 0 fully saturated rings. The average molecular weight is 338 g/mol. The van der Waals surface area contributed by atoms with E-state index in [1.165, 1.54) is 7.11 Å². The Bertz CT molecular complexity index is 929. The highest BCUT2D eigenvalue weighted by molar-refractivity contribution is 5.74. The number of imidazole rings is 1. The first-order valence-electron chi connectivity index (χ1n) is 7.71. The molecule has 7 nitrogen and oxygen atoms in total. The number of pyridine rings is 1. The van der Waals surface area contributed by atoms with Gasteiger partial charge in [-0.05, 0) is 42.8 Å². The third kappa shape index (κ3) is 3.50. The number of carbonyl (C=O) groups is 1. The number of esters is 1. The van der Waals surface area contributed by atoms with E-state index < -0.39 is 0 Å². The lowest BCUT2D eigenvalue weighted by atomic mass is 10.3. The van der Waals surface area contributed by atoms with Crippen molar-refractivity contribution < 1.29 is 14.3 Å². The Morgan fingerprint density at radius 1 is 1.16 bits per heavy atom. The van der Waals surface area contributed by atoms with Gasteiger partial charge in [-0.15, -0.1) is 10.2 Å². The van der Waals surface area contributed by atoms with Gasteiger partial charge < -0.3 is 9.47 Å². The fraction of sp³-hybridized carbons (Fsp3) is 0.222. The maximum absolute atomic E-state index is 11.7. The number of aryl methyl sites for hydroxylation is 1. The van der Waals surface area contributed by atoms with Gasteiger partial charge in [0.05, 0.1) is 32.0 Å². The fourth-order valence-electron chi connectivity index (χ4n) is 2.43. The Morgan fingerprint density at radius 3 is 2.60 bits per heavy atom. The number of hydrogen-bond acceptors (Lipinski definition) is 6. The smallest absolute Gasteiger partial charge is 0.311 e. The lowest BCUT2D eigenvalue weighted by Crippen LogP contribution is -2.04. The van der Waals surface area contributed by atoms with Crippen molar-refractivity contribution in [3.05, 3.63) is 53.9 Å². The predicted molar refractivity (Wildman–Crippen MR) is 92.8 cm³/mol. The molecule has 3 rings (SSSR count). The largest absolute Gasteiger partial charge is 0.497 e. The van der Waals surface area contributed by atoms with Gasteiger partial charge in [-0.25, -0.2) is 4.98 Å². The molecule has 1 aromatic carbocycles. The van der Waals surface area contributed by atoms with E-state index in [1.54, 1.807) is 19.2 Å². The molecule has 0 saturated carbocycles. The molecule has 0 spiro atoms. The third-order valence-electron chi connectivity index (χ3n) is 3.76. The summed E-state index contributed by atoms with van der Waals surface area (Å²) in [6, 6.07) is 11.1. The van der Waals surface area contributed by atoms with Crippen molar-refractivity contribution in [2.45, 2.75) is 13.3 Å². The average Bonchev–Trinajstić information content (AvgIpc) is 2.99. The van der Waals surface area contributed by atoms with Crippen molar-refractivity contribution >= 4 is 23.1 Å². The van der Waals surface area contributed by atoms with Gasteiger partial charge in [0.15, 0.2) is 5.82 Å². The molecule has 0 aliphatic rings. The van der Waals surface area contributed by atoms with Gasteiger partial charge in [0.2, 0.25) is 0 Å². The molecule has 2 aromatic heterocycles. The van der Waals surface area contributed by atoms with Crippen molar-refractivity contribution in [2.75, 3.05) is 14.2 Å². The van der Waals surface area contributed by atoms with E-state index in [1.807, 2.05) is 41.8 Å². The summed E-state index contributed by atoms with van der Waals surface area (Å²) in [6.45, 7) is 1.95. The van der Waals surface area contributed by atoms with Crippen LogP contribution in [0.25, 0.3) is 5.65 Å². The lowest BCUT2D eigenvalue weighted by Gasteiger charge is -2.00. The SMILES string of the molecule is COC(=O)Cc1nc2c(C)cccn2c1N=Nc1ccc(OC)cc1. The summed E-state index contributed by atoms with van der Waals surface area (Å²) in [4.78, 5) is 16.2. The number of benzene rings is 1. The topological polar surface area (TPSA) is 77.5 Å². The van der Waals surface area contributed by atoms with E-state index in [-0.39, 0.29) is 12.4 Å². The first kappa shape index (κ1) is 16.6. The van der Waals surface area contributed by atoms with Crippen molar-refractivity contribution in [1.82, 2.24) is 9.38 Å². The van der Waals surface area contributed by atoms with E-state index >= 15 is 0 Å². The number of hydrogen-bond donors (Lipinski definition) is 0. The fourth-order valence-corrected chi connectivity index (χ4v) is 2.43. The molecule has 0 saturated heterocycles. The summed E-state index contributed by atoms with van der Waals surface area (Å²) < 4.78 is 11.7. The maximum Gasteiger partial charge on any atom is 0.311 e. The van der Waals surface area contributed by atoms with E-state index in [4.69, 9.17) is 9.47 Å². The highest BCUT2D eigenvalue weighted by Gasteiger charge is 2.16. The van der Waals surface area contributed by atoms with Crippen LogP contribution in [0.15, 0.2) is 52.8 Å². The second-order valence-electron chi connectivity index (χ2n) is 5.42. The predicted octanol–water partition coefficient (Wildman–Crippen LogP) is 3.78. The highest BCUT2D eigenvalue weighted by Crippen LogP contribution is 2.27. The number of ether oxygens (including phenoxy) is 2. The van der Waals surface area contributed by atoms with Gasteiger partial charge in [0.25, 0.3) is 0 Å². The molecule has 2 heterocycles. The number of methoxy groups -OCH3 is 2. The minimum Gasteiger partial charge on any atom is -0.497 e. The molecule has 128 valence electrons. The molecule has 3 aromatic rings. The number of carbonyl (C=O) groups excluding carboxylic acids is 1. The molecule has 25 heavy (non-hydrogen) atoms. The molecular weight excluding hydrogens is 320 g/mol. The zero-order valence-electron chi connectivity index (χ0n) is 14.3. The Labute approximate surface area is 144 Å². The second-order valence-corrected chi connectivity index (χ2v) is 5.42. The first-order chi connectivity index (χ1) is 12.1. The molecule has 0 radical (unpaired) electrons. The maximum atomic E-state index is 11.7. The summed E-state index contributed by atoms with van der Waals surface area (Å²) in [5.41, 5.74) is 2.93. The Hall–Kier alpha value is -3.22. The molecule has 0 unspecified atom stereocenters. The first-order valence-corrected chi connectivity index (χ1v) is 7.71. The standard InChI is InChI=1S/C18H18N4O3/c1-12-5-4-10-22-17(12)19-15(11-16(23)25-3)18(22)21-20-13-6-8-14(24-2)9-7-13/h4-10H,11H2,1-3H3.